The fourth-order valence-electron chi connectivity index (χ4n) is 1.41. The van der Waals surface area contributed by atoms with Gasteiger partial charge in [0.1, 0.15) is 17.5 Å². The highest BCUT2D eigenvalue weighted by atomic mass is 19.4. The van der Waals surface area contributed by atoms with Gasteiger partial charge in [-0.1, -0.05) is 0 Å². The van der Waals surface area contributed by atoms with Crippen molar-refractivity contribution in [2.45, 2.75) is 12.4 Å². The molecule has 0 aliphatic heterocycles. The molecule has 1 aromatic carbocycles. The smallest absolute Gasteiger partial charge is 0.496 e. The minimum atomic E-state index is -4.83. The number of rotatable bonds is 4. The van der Waals surface area contributed by atoms with Gasteiger partial charge < -0.3 is 19.9 Å². The number of hydrogen-bond acceptors (Lipinski definition) is 5. The van der Waals surface area contributed by atoms with E-state index in [1.54, 1.807) is 0 Å². The Morgan fingerprint density at radius 3 is 2.42 bits per heavy atom. The Morgan fingerprint density at radius 1 is 1.32 bits per heavy atom. The molecule has 0 saturated heterocycles. The number of alkyl halides is 3. The van der Waals surface area contributed by atoms with Crippen molar-refractivity contribution in [3.63, 3.8) is 0 Å². The molecule has 0 radical (unpaired) electrons. The Morgan fingerprint density at radius 2 is 1.95 bits per heavy atom. The van der Waals surface area contributed by atoms with Crippen LogP contribution in [-0.2, 0) is 9.53 Å². The molecule has 2 N–H and O–H groups in total. The predicted molar refractivity (Wildman–Crippen MR) is 58.6 cm³/mol. The van der Waals surface area contributed by atoms with E-state index >= 15 is 0 Å². The normalized spacial score (nSPS) is 12.7. The molecule has 0 aliphatic carbocycles. The maximum absolute atomic E-state index is 12.1. The van der Waals surface area contributed by atoms with Gasteiger partial charge in [-0.25, -0.2) is 0 Å². The Balaban J connectivity index is 3.13. The van der Waals surface area contributed by atoms with Crippen LogP contribution in [-0.4, -0.2) is 26.6 Å². The first kappa shape index (κ1) is 15.1. The summed E-state index contributed by atoms with van der Waals surface area (Å²) in [5, 5.41) is 0. The zero-order valence-corrected chi connectivity index (χ0v) is 10.2. The highest BCUT2D eigenvalue weighted by molar-refractivity contribution is 5.78. The van der Waals surface area contributed by atoms with E-state index in [0.29, 0.717) is 0 Å². The van der Waals surface area contributed by atoms with Crippen LogP contribution < -0.4 is 15.2 Å². The minimum absolute atomic E-state index is 0.0381. The number of halogens is 3. The second-order valence-corrected chi connectivity index (χ2v) is 3.45. The Labute approximate surface area is 107 Å². The van der Waals surface area contributed by atoms with E-state index in [9.17, 15) is 18.0 Å². The molecule has 1 rings (SSSR count). The average Bonchev–Trinajstić information content (AvgIpc) is 2.35. The molecule has 0 spiro atoms. The molecule has 0 saturated carbocycles. The molecule has 8 heteroatoms. The van der Waals surface area contributed by atoms with Gasteiger partial charge in [0.05, 0.1) is 14.2 Å². The molecule has 0 fully saturated rings. The zero-order valence-electron chi connectivity index (χ0n) is 10.2. The van der Waals surface area contributed by atoms with Gasteiger partial charge in [-0.05, 0) is 18.2 Å². The van der Waals surface area contributed by atoms with Crippen molar-refractivity contribution in [3.05, 3.63) is 23.8 Å². The Hall–Kier alpha value is -1.96. The molecule has 5 nitrogen and oxygen atoms in total. The third-order valence-electron chi connectivity index (χ3n) is 2.22. The Kier molecular flexibility index (Phi) is 4.60. The van der Waals surface area contributed by atoms with Gasteiger partial charge in [-0.3, -0.25) is 4.79 Å². The molecular weight excluding hydrogens is 267 g/mol. The third kappa shape index (κ3) is 4.02. The first-order chi connectivity index (χ1) is 8.78. The van der Waals surface area contributed by atoms with Crippen LogP contribution in [0.4, 0.5) is 13.2 Å². The average molecular weight is 279 g/mol. The molecule has 0 bridgehead atoms. The van der Waals surface area contributed by atoms with Crippen molar-refractivity contribution in [2.75, 3.05) is 14.2 Å². The van der Waals surface area contributed by atoms with Crippen LogP contribution >= 0.6 is 0 Å². The van der Waals surface area contributed by atoms with Crippen molar-refractivity contribution in [2.24, 2.45) is 5.73 Å². The van der Waals surface area contributed by atoms with Crippen molar-refractivity contribution < 1.29 is 32.2 Å². The van der Waals surface area contributed by atoms with Crippen LogP contribution in [0.15, 0.2) is 18.2 Å². The number of hydrogen-bond donors (Lipinski definition) is 1. The van der Waals surface area contributed by atoms with Crippen LogP contribution in [0.2, 0.25) is 0 Å². The van der Waals surface area contributed by atoms with Crippen LogP contribution in [0.1, 0.15) is 11.6 Å². The summed E-state index contributed by atoms with van der Waals surface area (Å²) in [5.74, 6) is -1.14. The summed E-state index contributed by atoms with van der Waals surface area (Å²) in [5.41, 5.74) is 5.60. The molecule has 0 heterocycles. The van der Waals surface area contributed by atoms with Crippen LogP contribution in [0, 0.1) is 0 Å². The lowest BCUT2D eigenvalue weighted by Crippen LogP contribution is -2.23. The summed E-state index contributed by atoms with van der Waals surface area (Å²) in [7, 11) is 2.41. The molecule has 106 valence electrons. The highest BCUT2D eigenvalue weighted by Crippen LogP contribution is 2.31. The standard InChI is InChI=1S/C11H12F3NO4/c1-17-8-4-3-6(19-11(12,13)14)5-7(8)9(15)10(16)18-2/h3-5,9H,15H2,1-2H3/t9-/m0/s1. The third-order valence-corrected chi connectivity index (χ3v) is 2.22. The van der Waals surface area contributed by atoms with E-state index < -0.39 is 24.1 Å². The summed E-state index contributed by atoms with van der Waals surface area (Å²) in [6.07, 6.45) is -4.83. The number of carbonyl (C=O) groups excluding carboxylic acids is 1. The number of esters is 1. The summed E-state index contributed by atoms with van der Waals surface area (Å²) >= 11 is 0. The number of nitrogens with two attached hydrogens (primary N) is 1. The second-order valence-electron chi connectivity index (χ2n) is 3.45. The van der Waals surface area contributed by atoms with Gasteiger partial charge in [0.15, 0.2) is 0 Å². The van der Waals surface area contributed by atoms with Crippen molar-refractivity contribution >= 4 is 5.97 Å². The molecule has 19 heavy (non-hydrogen) atoms. The van der Waals surface area contributed by atoms with E-state index in [1.807, 2.05) is 0 Å². The van der Waals surface area contributed by atoms with Gasteiger partial charge >= 0.3 is 12.3 Å². The molecule has 0 amide bonds. The highest BCUT2D eigenvalue weighted by Gasteiger charge is 2.32. The lowest BCUT2D eigenvalue weighted by Gasteiger charge is -2.16. The minimum Gasteiger partial charge on any atom is -0.496 e. The number of ether oxygens (including phenoxy) is 3. The molecular formula is C11H12F3NO4. The van der Waals surface area contributed by atoms with Crippen LogP contribution in [0.25, 0.3) is 0 Å². The largest absolute Gasteiger partial charge is 0.573 e. The zero-order chi connectivity index (χ0) is 14.6. The quantitative estimate of drug-likeness (QED) is 0.850. The predicted octanol–water partition coefficient (Wildman–Crippen LogP) is 1.77. The first-order valence-electron chi connectivity index (χ1n) is 5.05. The maximum atomic E-state index is 12.1. The molecule has 0 unspecified atom stereocenters. The van der Waals surface area contributed by atoms with Gasteiger partial charge in [-0.15, -0.1) is 13.2 Å². The van der Waals surface area contributed by atoms with E-state index in [-0.39, 0.29) is 11.3 Å². The van der Waals surface area contributed by atoms with Gasteiger partial charge in [0.2, 0.25) is 0 Å². The van der Waals surface area contributed by atoms with Gasteiger partial charge in [0, 0.05) is 5.56 Å². The number of benzene rings is 1. The maximum Gasteiger partial charge on any atom is 0.573 e. The van der Waals surface area contributed by atoms with Crippen LogP contribution in [0.3, 0.4) is 0 Å². The fraction of sp³-hybridized carbons (Fsp3) is 0.364. The summed E-state index contributed by atoms with van der Waals surface area (Å²) in [6, 6.07) is 1.99. The second kappa shape index (κ2) is 5.79. The van der Waals surface area contributed by atoms with Gasteiger partial charge in [-0.2, -0.15) is 0 Å². The molecule has 1 aromatic rings. The SMILES string of the molecule is COC(=O)[C@@H](N)c1cc(OC(F)(F)F)ccc1OC. The number of carbonyl (C=O) groups is 1. The summed E-state index contributed by atoms with van der Waals surface area (Å²) < 4.78 is 49.4. The summed E-state index contributed by atoms with van der Waals surface area (Å²) in [6.45, 7) is 0. The monoisotopic (exact) mass is 279 g/mol. The van der Waals surface area contributed by atoms with Crippen molar-refractivity contribution in [1.29, 1.82) is 0 Å². The lowest BCUT2D eigenvalue weighted by atomic mass is 10.1. The fourth-order valence-corrected chi connectivity index (χ4v) is 1.41. The molecule has 0 aliphatic rings. The van der Waals surface area contributed by atoms with Crippen LogP contribution in [0.5, 0.6) is 11.5 Å². The molecule has 0 aromatic heterocycles. The topological polar surface area (TPSA) is 70.8 Å². The van der Waals surface area contributed by atoms with E-state index in [1.165, 1.54) is 13.2 Å². The van der Waals surface area contributed by atoms with Crippen molar-refractivity contribution in [1.82, 2.24) is 0 Å². The van der Waals surface area contributed by atoms with E-state index in [0.717, 1.165) is 19.2 Å². The lowest BCUT2D eigenvalue weighted by molar-refractivity contribution is -0.274. The van der Waals surface area contributed by atoms with Gasteiger partial charge in [0.25, 0.3) is 0 Å². The van der Waals surface area contributed by atoms with Crippen molar-refractivity contribution in [3.8, 4) is 11.5 Å². The van der Waals surface area contributed by atoms with E-state index in [2.05, 4.69) is 9.47 Å². The molecule has 1 atom stereocenters. The number of methoxy groups -OCH3 is 2. The van der Waals surface area contributed by atoms with E-state index in [4.69, 9.17) is 10.5 Å². The first-order valence-corrected chi connectivity index (χ1v) is 5.05. The Bertz CT molecular complexity index is 462. The summed E-state index contributed by atoms with van der Waals surface area (Å²) in [4.78, 5) is 11.3.